The van der Waals surface area contributed by atoms with Crippen LogP contribution in [0, 0.1) is 23.2 Å². The molecule has 0 radical (unpaired) electrons. The summed E-state index contributed by atoms with van der Waals surface area (Å²) < 4.78 is 16.1. The SMILES string of the molecule is COC(=O)C1C2OC3C(OC(=O)C31)C2C(C)(C)C. The quantitative estimate of drug-likeness (QED) is 0.646. The highest BCUT2D eigenvalue weighted by atomic mass is 16.6. The molecule has 3 heterocycles. The molecule has 2 bridgehead atoms. The third-order valence-electron chi connectivity index (χ3n) is 4.44. The standard InChI is InChI=1S/C13H18O5/c1-13(2,3)7-8-5(11(14)16-4)6-9(17-8)10(7)18-12(6)15/h5-10H,1-4H3. The highest BCUT2D eigenvalue weighted by Crippen LogP contribution is 2.57. The minimum Gasteiger partial charge on any atom is -0.469 e. The van der Waals surface area contributed by atoms with E-state index in [9.17, 15) is 9.59 Å². The van der Waals surface area contributed by atoms with Gasteiger partial charge in [0.05, 0.1) is 19.1 Å². The zero-order chi connectivity index (χ0) is 13.2. The number of fused-ring (bicyclic) bond motifs is 1. The van der Waals surface area contributed by atoms with Gasteiger partial charge in [-0.05, 0) is 5.41 Å². The van der Waals surface area contributed by atoms with Crippen LogP contribution < -0.4 is 0 Å². The lowest BCUT2D eigenvalue weighted by atomic mass is 9.65. The van der Waals surface area contributed by atoms with Crippen molar-refractivity contribution in [3.05, 3.63) is 0 Å². The van der Waals surface area contributed by atoms with Gasteiger partial charge in [0, 0.05) is 5.92 Å². The zero-order valence-electron chi connectivity index (χ0n) is 11.0. The van der Waals surface area contributed by atoms with E-state index in [4.69, 9.17) is 14.2 Å². The van der Waals surface area contributed by atoms with E-state index in [0.29, 0.717) is 0 Å². The number of esters is 2. The van der Waals surface area contributed by atoms with Gasteiger partial charge in [0.2, 0.25) is 0 Å². The summed E-state index contributed by atoms with van der Waals surface area (Å²) in [6.07, 6.45) is -0.729. The molecule has 0 aliphatic carbocycles. The third kappa shape index (κ3) is 1.31. The predicted octanol–water partition coefficient (Wildman–Crippen LogP) is 0.760. The second kappa shape index (κ2) is 3.47. The molecule has 100 valence electrons. The third-order valence-corrected chi connectivity index (χ3v) is 4.44. The highest BCUT2D eigenvalue weighted by molar-refractivity contribution is 5.86. The first-order valence-corrected chi connectivity index (χ1v) is 6.30. The normalized spacial score (nSPS) is 45.2. The van der Waals surface area contributed by atoms with Crippen molar-refractivity contribution in [3.8, 4) is 0 Å². The van der Waals surface area contributed by atoms with E-state index >= 15 is 0 Å². The molecule has 3 aliphatic heterocycles. The Balaban J connectivity index is 2.00. The summed E-state index contributed by atoms with van der Waals surface area (Å²) in [6.45, 7) is 6.24. The van der Waals surface area contributed by atoms with Gasteiger partial charge in [0.25, 0.3) is 0 Å². The average Bonchev–Trinajstić information content (AvgIpc) is 2.85. The molecule has 0 amide bonds. The van der Waals surface area contributed by atoms with Crippen LogP contribution in [0.25, 0.3) is 0 Å². The van der Waals surface area contributed by atoms with Crippen molar-refractivity contribution in [2.75, 3.05) is 7.11 Å². The lowest BCUT2D eigenvalue weighted by Gasteiger charge is -2.36. The zero-order valence-corrected chi connectivity index (χ0v) is 11.0. The number of rotatable bonds is 1. The average molecular weight is 254 g/mol. The topological polar surface area (TPSA) is 61.8 Å². The van der Waals surface area contributed by atoms with Gasteiger partial charge in [-0.1, -0.05) is 20.8 Å². The number of hydrogen-bond acceptors (Lipinski definition) is 5. The molecule has 3 fully saturated rings. The van der Waals surface area contributed by atoms with Gasteiger partial charge >= 0.3 is 11.9 Å². The highest BCUT2D eigenvalue weighted by Gasteiger charge is 2.71. The first-order valence-electron chi connectivity index (χ1n) is 6.30. The molecule has 0 aromatic rings. The fourth-order valence-electron chi connectivity index (χ4n) is 3.78. The summed E-state index contributed by atoms with van der Waals surface area (Å²) in [4.78, 5) is 23.8. The first-order chi connectivity index (χ1) is 8.36. The van der Waals surface area contributed by atoms with Gasteiger partial charge in [0.15, 0.2) is 0 Å². The smallest absolute Gasteiger partial charge is 0.313 e. The van der Waals surface area contributed by atoms with Crippen LogP contribution >= 0.6 is 0 Å². The van der Waals surface area contributed by atoms with E-state index in [1.54, 1.807) is 0 Å². The van der Waals surface area contributed by atoms with Gasteiger partial charge in [-0.15, -0.1) is 0 Å². The molecular weight excluding hydrogens is 236 g/mol. The Bertz CT molecular complexity index is 410. The number of hydrogen-bond donors (Lipinski definition) is 0. The Morgan fingerprint density at radius 2 is 1.89 bits per heavy atom. The van der Waals surface area contributed by atoms with E-state index in [0.717, 1.165) is 0 Å². The molecule has 5 nitrogen and oxygen atoms in total. The van der Waals surface area contributed by atoms with Gasteiger partial charge in [-0.2, -0.15) is 0 Å². The molecule has 5 heteroatoms. The summed E-state index contributed by atoms with van der Waals surface area (Å²) >= 11 is 0. The molecule has 0 N–H and O–H groups in total. The van der Waals surface area contributed by atoms with Crippen molar-refractivity contribution >= 4 is 11.9 Å². The molecule has 0 aromatic heterocycles. The lowest BCUT2D eigenvalue weighted by Crippen LogP contribution is -2.47. The lowest BCUT2D eigenvalue weighted by molar-refractivity contribution is -0.153. The van der Waals surface area contributed by atoms with Crippen molar-refractivity contribution in [1.82, 2.24) is 0 Å². The van der Waals surface area contributed by atoms with E-state index < -0.39 is 11.8 Å². The largest absolute Gasteiger partial charge is 0.469 e. The summed E-state index contributed by atoms with van der Waals surface area (Å²) in [5.41, 5.74) is -0.0774. The Morgan fingerprint density at radius 1 is 1.22 bits per heavy atom. The van der Waals surface area contributed by atoms with Crippen molar-refractivity contribution in [3.63, 3.8) is 0 Å². The number of carbonyl (C=O) groups is 2. The fraction of sp³-hybridized carbons (Fsp3) is 0.846. The Morgan fingerprint density at radius 3 is 2.44 bits per heavy atom. The van der Waals surface area contributed by atoms with Crippen molar-refractivity contribution < 1.29 is 23.8 Å². The second-order valence-corrected chi connectivity index (χ2v) is 6.43. The maximum absolute atomic E-state index is 11.9. The number of carbonyl (C=O) groups excluding carboxylic acids is 2. The summed E-state index contributed by atoms with van der Waals surface area (Å²) in [5, 5.41) is 0. The minimum atomic E-state index is -0.504. The van der Waals surface area contributed by atoms with Gasteiger partial charge in [-0.25, -0.2) is 0 Å². The van der Waals surface area contributed by atoms with E-state index in [2.05, 4.69) is 20.8 Å². The van der Waals surface area contributed by atoms with Gasteiger partial charge in [-0.3, -0.25) is 9.59 Å². The number of ether oxygens (including phenoxy) is 3. The molecule has 6 atom stereocenters. The van der Waals surface area contributed by atoms with Crippen LogP contribution in [0.1, 0.15) is 20.8 Å². The molecule has 3 rings (SSSR count). The summed E-state index contributed by atoms with van der Waals surface area (Å²) in [5.74, 6) is -1.59. The van der Waals surface area contributed by atoms with Crippen LogP contribution in [0.15, 0.2) is 0 Å². The van der Waals surface area contributed by atoms with Crippen LogP contribution in [0.4, 0.5) is 0 Å². The van der Waals surface area contributed by atoms with Crippen LogP contribution in [0.3, 0.4) is 0 Å². The van der Waals surface area contributed by atoms with Crippen molar-refractivity contribution in [2.45, 2.75) is 39.1 Å². The monoisotopic (exact) mass is 254 g/mol. The van der Waals surface area contributed by atoms with Crippen molar-refractivity contribution in [1.29, 1.82) is 0 Å². The Labute approximate surface area is 106 Å². The molecule has 0 saturated carbocycles. The minimum absolute atomic E-state index is 0.0503. The van der Waals surface area contributed by atoms with E-state index in [-0.39, 0.29) is 41.6 Å². The second-order valence-electron chi connectivity index (χ2n) is 6.43. The maximum atomic E-state index is 11.9. The first kappa shape index (κ1) is 12.0. The molecule has 0 spiro atoms. The fourth-order valence-corrected chi connectivity index (χ4v) is 3.78. The molecular formula is C13H18O5. The summed E-state index contributed by atoms with van der Waals surface area (Å²) in [6, 6.07) is 0. The van der Waals surface area contributed by atoms with Gasteiger partial charge in [0.1, 0.15) is 18.1 Å². The molecule has 6 unspecified atom stereocenters. The molecule has 3 saturated heterocycles. The van der Waals surface area contributed by atoms with E-state index in [1.165, 1.54) is 7.11 Å². The van der Waals surface area contributed by atoms with Crippen LogP contribution in [-0.2, 0) is 23.8 Å². The Hall–Kier alpha value is -1.10. The van der Waals surface area contributed by atoms with Crippen molar-refractivity contribution in [2.24, 2.45) is 23.2 Å². The van der Waals surface area contributed by atoms with Crippen LogP contribution in [-0.4, -0.2) is 37.4 Å². The molecule has 18 heavy (non-hydrogen) atoms. The van der Waals surface area contributed by atoms with Crippen LogP contribution in [0.5, 0.6) is 0 Å². The predicted molar refractivity (Wildman–Crippen MR) is 60.5 cm³/mol. The Kier molecular flexibility index (Phi) is 2.31. The molecule has 3 aliphatic rings. The van der Waals surface area contributed by atoms with Gasteiger partial charge < -0.3 is 14.2 Å². The molecule has 0 aromatic carbocycles. The van der Waals surface area contributed by atoms with E-state index in [1.807, 2.05) is 0 Å². The number of methoxy groups -OCH3 is 1. The maximum Gasteiger partial charge on any atom is 0.313 e. The summed E-state index contributed by atoms with van der Waals surface area (Å²) in [7, 11) is 1.35. The van der Waals surface area contributed by atoms with Crippen LogP contribution in [0.2, 0.25) is 0 Å².